The summed E-state index contributed by atoms with van der Waals surface area (Å²) < 4.78 is 40.2. The lowest BCUT2D eigenvalue weighted by molar-refractivity contribution is -0.137. The van der Waals surface area contributed by atoms with Gasteiger partial charge in [-0.25, -0.2) is 0 Å². The summed E-state index contributed by atoms with van der Waals surface area (Å²) in [5.74, 6) is -0.239. The second-order valence-electron chi connectivity index (χ2n) is 7.06. The number of nitrogens with zero attached hydrogens (tertiary/aromatic N) is 3. The van der Waals surface area contributed by atoms with E-state index in [-0.39, 0.29) is 23.9 Å². The molecule has 0 radical (unpaired) electrons. The van der Waals surface area contributed by atoms with Gasteiger partial charge >= 0.3 is 6.18 Å². The van der Waals surface area contributed by atoms with Crippen LogP contribution in [0.15, 0.2) is 53.7 Å². The highest BCUT2D eigenvalue weighted by molar-refractivity contribution is 7.99. The third-order valence-corrected chi connectivity index (χ3v) is 5.68. The maximum Gasteiger partial charge on any atom is 0.416 e. The van der Waals surface area contributed by atoms with Crippen molar-refractivity contribution < 1.29 is 22.8 Å². The Labute approximate surface area is 192 Å². The van der Waals surface area contributed by atoms with E-state index in [9.17, 15) is 22.8 Å². The minimum absolute atomic E-state index is 0.0620. The van der Waals surface area contributed by atoms with Crippen LogP contribution in [0.1, 0.15) is 34.2 Å². The molecule has 33 heavy (non-hydrogen) atoms. The first-order chi connectivity index (χ1) is 15.7. The van der Waals surface area contributed by atoms with Crippen molar-refractivity contribution in [2.24, 2.45) is 0 Å². The molecule has 0 bridgehead atoms. The van der Waals surface area contributed by atoms with Crippen LogP contribution in [0.25, 0.3) is 0 Å². The molecule has 1 aromatic heterocycles. The molecule has 0 saturated heterocycles. The van der Waals surface area contributed by atoms with Gasteiger partial charge in [-0.15, -0.1) is 10.2 Å². The normalized spacial score (nSPS) is 11.3. The molecule has 0 aliphatic rings. The molecule has 0 saturated carbocycles. The third kappa shape index (κ3) is 6.35. The van der Waals surface area contributed by atoms with Crippen LogP contribution in [0.5, 0.6) is 0 Å². The molecule has 2 amide bonds. The average molecular weight is 478 g/mol. The number of alkyl halides is 3. The van der Waals surface area contributed by atoms with Crippen molar-refractivity contribution in [3.8, 4) is 0 Å². The fraction of sp³-hybridized carbons (Fsp3) is 0.273. The van der Waals surface area contributed by atoms with Crippen LogP contribution >= 0.6 is 11.8 Å². The van der Waals surface area contributed by atoms with E-state index in [1.807, 2.05) is 26.0 Å². The van der Waals surface area contributed by atoms with E-state index in [1.54, 1.807) is 16.7 Å². The van der Waals surface area contributed by atoms with Crippen molar-refractivity contribution in [2.75, 3.05) is 11.1 Å². The van der Waals surface area contributed by atoms with Gasteiger partial charge in [0.25, 0.3) is 5.91 Å². The van der Waals surface area contributed by atoms with Crippen molar-refractivity contribution >= 4 is 29.3 Å². The lowest BCUT2D eigenvalue weighted by Gasteiger charge is -2.10. The summed E-state index contributed by atoms with van der Waals surface area (Å²) in [7, 11) is 0. The number of carbonyl (C=O) groups is 2. The number of hydrogen-bond donors (Lipinski definition) is 2. The van der Waals surface area contributed by atoms with Gasteiger partial charge in [0.05, 0.1) is 17.9 Å². The largest absolute Gasteiger partial charge is 0.416 e. The third-order valence-electron chi connectivity index (χ3n) is 4.71. The second-order valence-corrected chi connectivity index (χ2v) is 8.00. The van der Waals surface area contributed by atoms with E-state index in [4.69, 9.17) is 0 Å². The highest BCUT2D eigenvalue weighted by Gasteiger charge is 2.30. The first kappa shape index (κ1) is 24.3. The van der Waals surface area contributed by atoms with E-state index in [0.29, 0.717) is 23.1 Å². The summed E-state index contributed by atoms with van der Waals surface area (Å²) in [6.45, 7) is 4.40. The second kappa shape index (κ2) is 10.5. The number of hydrogen-bond acceptors (Lipinski definition) is 5. The molecule has 0 aliphatic carbocycles. The SMILES string of the molecule is CCn1c(CNC(=O)c2ccccc2C)nnc1SCC(=O)Nc1cccc(C(F)(F)F)c1. The number of nitrogens with one attached hydrogen (secondary N) is 2. The van der Waals surface area contributed by atoms with Gasteiger partial charge in [-0.3, -0.25) is 9.59 Å². The van der Waals surface area contributed by atoms with E-state index in [1.165, 1.54) is 12.1 Å². The van der Waals surface area contributed by atoms with E-state index in [2.05, 4.69) is 20.8 Å². The maximum absolute atomic E-state index is 12.8. The minimum atomic E-state index is -4.49. The van der Waals surface area contributed by atoms with Crippen LogP contribution < -0.4 is 10.6 Å². The molecule has 0 spiro atoms. The zero-order chi connectivity index (χ0) is 24.0. The van der Waals surface area contributed by atoms with Crippen molar-refractivity contribution in [3.05, 3.63) is 71.0 Å². The predicted molar refractivity (Wildman–Crippen MR) is 119 cm³/mol. The number of aryl methyl sites for hydroxylation is 1. The molecule has 0 atom stereocenters. The molecular formula is C22H22F3N5O2S. The summed E-state index contributed by atoms with van der Waals surface area (Å²) in [5, 5.41) is 13.9. The van der Waals surface area contributed by atoms with Crippen molar-refractivity contribution in [3.63, 3.8) is 0 Å². The molecule has 1 heterocycles. The van der Waals surface area contributed by atoms with Crippen molar-refractivity contribution in [2.45, 2.75) is 38.3 Å². The number of thioether (sulfide) groups is 1. The molecule has 11 heteroatoms. The molecule has 0 unspecified atom stereocenters. The number of carbonyl (C=O) groups excluding carboxylic acids is 2. The first-order valence-electron chi connectivity index (χ1n) is 10.0. The molecule has 3 rings (SSSR count). The Balaban J connectivity index is 1.58. The van der Waals surface area contributed by atoms with E-state index >= 15 is 0 Å². The van der Waals surface area contributed by atoms with Gasteiger partial charge in [0.1, 0.15) is 0 Å². The smallest absolute Gasteiger partial charge is 0.345 e. The molecule has 3 aromatic rings. The van der Waals surface area contributed by atoms with Gasteiger partial charge in [0.2, 0.25) is 5.91 Å². The highest BCUT2D eigenvalue weighted by Crippen LogP contribution is 2.30. The number of halogens is 3. The van der Waals surface area contributed by atoms with Crippen LogP contribution in [0.2, 0.25) is 0 Å². The fourth-order valence-corrected chi connectivity index (χ4v) is 3.88. The molecule has 0 aliphatic heterocycles. The standard InChI is InChI=1S/C22H22F3N5O2S/c1-3-30-18(12-26-20(32)17-10-5-4-7-14(17)2)28-29-21(30)33-13-19(31)27-16-9-6-8-15(11-16)22(23,24)25/h4-11H,3,12-13H2,1-2H3,(H,26,32)(H,27,31). The summed E-state index contributed by atoms with van der Waals surface area (Å²) in [6.07, 6.45) is -4.49. The number of aromatic nitrogens is 3. The van der Waals surface area contributed by atoms with Gasteiger partial charge in [-0.1, -0.05) is 36.0 Å². The van der Waals surface area contributed by atoms with Gasteiger partial charge in [-0.2, -0.15) is 13.2 Å². The predicted octanol–water partition coefficient (Wildman–Crippen LogP) is 4.29. The monoisotopic (exact) mass is 477 g/mol. The summed E-state index contributed by atoms with van der Waals surface area (Å²) in [4.78, 5) is 24.7. The van der Waals surface area contributed by atoms with Crippen molar-refractivity contribution in [1.82, 2.24) is 20.1 Å². The number of benzene rings is 2. The van der Waals surface area contributed by atoms with Crippen LogP contribution in [-0.4, -0.2) is 32.3 Å². The molecule has 0 fully saturated rings. The quantitative estimate of drug-likeness (QED) is 0.473. The Bertz CT molecular complexity index is 1150. The Hall–Kier alpha value is -3.34. The summed E-state index contributed by atoms with van der Waals surface area (Å²) in [5.41, 5.74) is 0.652. The van der Waals surface area contributed by atoms with Gasteiger partial charge < -0.3 is 15.2 Å². The Kier molecular flexibility index (Phi) is 7.75. The van der Waals surface area contributed by atoms with Crippen LogP contribution in [-0.2, 0) is 24.1 Å². The minimum Gasteiger partial charge on any atom is -0.345 e. The summed E-state index contributed by atoms with van der Waals surface area (Å²) >= 11 is 1.11. The average Bonchev–Trinajstić information content (AvgIpc) is 3.17. The van der Waals surface area contributed by atoms with Gasteiger partial charge in [0, 0.05) is 17.8 Å². The molecular weight excluding hydrogens is 455 g/mol. The number of amides is 2. The molecule has 2 N–H and O–H groups in total. The Morgan fingerprint density at radius 3 is 2.55 bits per heavy atom. The van der Waals surface area contributed by atoms with Crippen LogP contribution in [0.3, 0.4) is 0 Å². The van der Waals surface area contributed by atoms with Crippen molar-refractivity contribution in [1.29, 1.82) is 0 Å². The topological polar surface area (TPSA) is 88.9 Å². The Morgan fingerprint density at radius 1 is 1.09 bits per heavy atom. The maximum atomic E-state index is 12.8. The lowest BCUT2D eigenvalue weighted by Crippen LogP contribution is -2.25. The first-order valence-corrected chi connectivity index (χ1v) is 11.0. The lowest BCUT2D eigenvalue weighted by atomic mass is 10.1. The molecule has 2 aromatic carbocycles. The number of anilines is 1. The zero-order valence-corrected chi connectivity index (χ0v) is 18.8. The fourth-order valence-electron chi connectivity index (χ4n) is 3.06. The number of rotatable bonds is 8. The van der Waals surface area contributed by atoms with E-state index < -0.39 is 17.6 Å². The zero-order valence-electron chi connectivity index (χ0n) is 17.9. The van der Waals surface area contributed by atoms with Gasteiger partial charge in [-0.05, 0) is 43.7 Å². The Morgan fingerprint density at radius 2 is 1.85 bits per heavy atom. The van der Waals surface area contributed by atoms with Crippen LogP contribution in [0, 0.1) is 6.92 Å². The van der Waals surface area contributed by atoms with Crippen LogP contribution in [0.4, 0.5) is 18.9 Å². The molecule has 7 nitrogen and oxygen atoms in total. The summed E-state index contributed by atoms with van der Waals surface area (Å²) in [6, 6.07) is 11.7. The van der Waals surface area contributed by atoms with E-state index in [0.717, 1.165) is 29.5 Å². The van der Waals surface area contributed by atoms with Gasteiger partial charge in [0.15, 0.2) is 11.0 Å². The highest BCUT2D eigenvalue weighted by atomic mass is 32.2. The molecule has 174 valence electrons.